The molecule has 1 N–H and O–H groups in total. The number of hydrogen-bond donors (Lipinski definition) is 1. The molecule has 1 saturated heterocycles. The summed E-state index contributed by atoms with van der Waals surface area (Å²) in [6.07, 6.45) is 3.60. The van der Waals surface area contributed by atoms with Crippen LogP contribution in [0.3, 0.4) is 0 Å². The van der Waals surface area contributed by atoms with Gasteiger partial charge in [0.15, 0.2) is 0 Å². The third-order valence-corrected chi connectivity index (χ3v) is 3.96. The minimum Gasteiger partial charge on any atom is -0.341 e. The van der Waals surface area contributed by atoms with Crippen molar-refractivity contribution in [1.82, 2.24) is 15.1 Å². The van der Waals surface area contributed by atoms with E-state index in [1.54, 1.807) is 0 Å². The minimum absolute atomic E-state index is 0.00341. The summed E-state index contributed by atoms with van der Waals surface area (Å²) in [5.41, 5.74) is 0. The number of amides is 3. The zero-order chi connectivity index (χ0) is 15.0. The molecule has 5 nitrogen and oxygen atoms in total. The van der Waals surface area contributed by atoms with Gasteiger partial charge in [-0.05, 0) is 25.7 Å². The van der Waals surface area contributed by atoms with Crippen LogP contribution < -0.4 is 5.32 Å². The number of hydrogen-bond acceptors (Lipinski definition) is 2. The summed E-state index contributed by atoms with van der Waals surface area (Å²) in [6, 6.07) is 0.00341. The van der Waals surface area contributed by atoms with E-state index in [0.29, 0.717) is 19.6 Å². The van der Waals surface area contributed by atoms with Crippen molar-refractivity contribution in [2.75, 3.05) is 32.7 Å². The van der Waals surface area contributed by atoms with E-state index in [1.165, 1.54) is 0 Å². The van der Waals surface area contributed by atoms with Crippen molar-refractivity contribution in [3.05, 3.63) is 0 Å². The van der Waals surface area contributed by atoms with Crippen molar-refractivity contribution in [1.29, 1.82) is 0 Å². The molecule has 0 radical (unpaired) electrons. The average Bonchev–Trinajstić information content (AvgIpc) is 2.71. The van der Waals surface area contributed by atoms with E-state index < -0.39 is 0 Å². The van der Waals surface area contributed by atoms with Crippen molar-refractivity contribution < 1.29 is 9.59 Å². The molecule has 0 aromatic heterocycles. The zero-order valence-electron chi connectivity index (χ0n) is 13.2. The van der Waals surface area contributed by atoms with Crippen LogP contribution in [0.4, 0.5) is 4.79 Å². The Morgan fingerprint density at radius 3 is 2.20 bits per heavy atom. The quantitative estimate of drug-likeness (QED) is 0.840. The van der Waals surface area contributed by atoms with E-state index in [9.17, 15) is 9.59 Å². The van der Waals surface area contributed by atoms with E-state index in [4.69, 9.17) is 0 Å². The monoisotopic (exact) mass is 283 g/mol. The van der Waals surface area contributed by atoms with Crippen molar-refractivity contribution in [2.45, 2.75) is 46.5 Å². The van der Waals surface area contributed by atoms with Crippen molar-refractivity contribution in [3.63, 3.8) is 0 Å². The SMILES string of the molecule is CCCNC(=O)N1CCCN(C(=O)C(CC)CC)CC1. The van der Waals surface area contributed by atoms with Crippen LogP contribution in [0, 0.1) is 5.92 Å². The summed E-state index contributed by atoms with van der Waals surface area (Å²) in [6.45, 7) is 9.69. The molecule has 1 aliphatic heterocycles. The fraction of sp³-hybridized carbons (Fsp3) is 0.867. The van der Waals surface area contributed by atoms with Crippen molar-refractivity contribution >= 4 is 11.9 Å². The summed E-state index contributed by atoms with van der Waals surface area (Å²) >= 11 is 0. The second-order valence-corrected chi connectivity index (χ2v) is 5.41. The molecule has 0 atom stereocenters. The van der Waals surface area contributed by atoms with Crippen LogP contribution in [-0.2, 0) is 4.79 Å². The molecule has 20 heavy (non-hydrogen) atoms. The van der Waals surface area contributed by atoms with E-state index in [-0.39, 0.29) is 17.9 Å². The molecular weight excluding hydrogens is 254 g/mol. The lowest BCUT2D eigenvalue weighted by atomic mass is 10.0. The first-order valence-corrected chi connectivity index (χ1v) is 7.95. The summed E-state index contributed by atoms with van der Waals surface area (Å²) < 4.78 is 0. The fourth-order valence-electron chi connectivity index (χ4n) is 2.58. The fourth-order valence-corrected chi connectivity index (χ4v) is 2.58. The van der Waals surface area contributed by atoms with Gasteiger partial charge in [-0.3, -0.25) is 4.79 Å². The molecule has 0 spiro atoms. The highest BCUT2D eigenvalue weighted by Crippen LogP contribution is 2.14. The Labute approximate surface area is 122 Å². The van der Waals surface area contributed by atoms with E-state index in [2.05, 4.69) is 19.2 Å². The molecule has 5 heteroatoms. The van der Waals surface area contributed by atoms with Crippen LogP contribution in [0.15, 0.2) is 0 Å². The molecule has 0 aromatic carbocycles. The first-order chi connectivity index (χ1) is 9.63. The lowest BCUT2D eigenvalue weighted by molar-refractivity contribution is -0.135. The molecule has 0 saturated carbocycles. The second-order valence-electron chi connectivity index (χ2n) is 5.41. The van der Waals surface area contributed by atoms with E-state index in [1.807, 2.05) is 16.7 Å². The molecule has 1 rings (SSSR count). The van der Waals surface area contributed by atoms with Gasteiger partial charge in [-0.1, -0.05) is 20.8 Å². The molecular formula is C15H29N3O2. The smallest absolute Gasteiger partial charge is 0.317 e. The Bertz CT molecular complexity index is 316. The lowest BCUT2D eigenvalue weighted by Crippen LogP contribution is -2.43. The van der Waals surface area contributed by atoms with Gasteiger partial charge in [-0.15, -0.1) is 0 Å². The number of rotatable bonds is 5. The van der Waals surface area contributed by atoms with Crippen LogP contribution in [0.25, 0.3) is 0 Å². The Hall–Kier alpha value is -1.26. The third kappa shape index (κ3) is 4.69. The number of carbonyl (C=O) groups is 2. The Morgan fingerprint density at radius 1 is 1.00 bits per heavy atom. The Balaban J connectivity index is 2.50. The van der Waals surface area contributed by atoms with Gasteiger partial charge in [-0.2, -0.15) is 0 Å². The second kappa shape index (κ2) is 8.82. The first-order valence-electron chi connectivity index (χ1n) is 7.95. The van der Waals surface area contributed by atoms with Crippen LogP contribution >= 0.6 is 0 Å². The number of urea groups is 1. The summed E-state index contributed by atoms with van der Waals surface area (Å²) in [5, 5.41) is 2.90. The maximum Gasteiger partial charge on any atom is 0.317 e. The van der Waals surface area contributed by atoms with Gasteiger partial charge in [0.2, 0.25) is 5.91 Å². The summed E-state index contributed by atoms with van der Waals surface area (Å²) in [4.78, 5) is 28.1. The molecule has 1 fully saturated rings. The van der Waals surface area contributed by atoms with Gasteiger partial charge in [0.25, 0.3) is 0 Å². The van der Waals surface area contributed by atoms with Gasteiger partial charge in [-0.25, -0.2) is 4.79 Å². The minimum atomic E-state index is 0.00341. The molecule has 0 bridgehead atoms. The third-order valence-electron chi connectivity index (χ3n) is 3.96. The summed E-state index contributed by atoms with van der Waals surface area (Å²) in [5.74, 6) is 0.390. The maximum absolute atomic E-state index is 12.4. The Morgan fingerprint density at radius 2 is 1.60 bits per heavy atom. The molecule has 0 aromatic rings. The summed E-state index contributed by atoms with van der Waals surface area (Å²) in [7, 11) is 0. The van der Waals surface area contributed by atoms with E-state index >= 15 is 0 Å². The molecule has 116 valence electrons. The zero-order valence-corrected chi connectivity index (χ0v) is 13.2. The highest BCUT2D eigenvalue weighted by molar-refractivity contribution is 5.79. The van der Waals surface area contributed by atoms with Crippen LogP contribution in [0.5, 0.6) is 0 Å². The molecule has 0 aliphatic carbocycles. The normalized spacial score (nSPS) is 16.2. The largest absolute Gasteiger partial charge is 0.341 e. The highest BCUT2D eigenvalue weighted by atomic mass is 16.2. The standard InChI is InChI=1S/C15H29N3O2/c1-4-8-16-15(20)18-10-7-9-17(11-12-18)14(19)13(5-2)6-3/h13H,4-12H2,1-3H3,(H,16,20). The molecule has 1 heterocycles. The van der Waals surface area contributed by atoms with Crippen LogP contribution in [0.2, 0.25) is 0 Å². The highest BCUT2D eigenvalue weighted by Gasteiger charge is 2.25. The average molecular weight is 283 g/mol. The van der Waals surface area contributed by atoms with E-state index in [0.717, 1.165) is 38.8 Å². The molecule has 3 amide bonds. The lowest BCUT2D eigenvalue weighted by Gasteiger charge is -2.25. The number of carbonyl (C=O) groups excluding carboxylic acids is 2. The van der Waals surface area contributed by atoms with Gasteiger partial charge in [0.1, 0.15) is 0 Å². The number of nitrogens with zero attached hydrogens (tertiary/aromatic N) is 2. The van der Waals surface area contributed by atoms with Crippen LogP contribution in [0.1, 0.15) is 46.5 Å². The predicted octanol–water partition coefficient (Wildman–Crippen LogP) is 2.08. The van der Waals surface area contributed by atoms with Crippen molar-refractivity contribution in [3.8, 4) is 0 Å². The van der Waals surface area contributed by atoms with Gasteiger partial charge >= 0.3 is 6.03 Å². The Kier molecular flexibility index (Phi) is 7.41. The first kappa shape index (κ1) is 16.8. The number of nitrogens with one attached hydrogen (secondary N) is 1. The van der Waals surface area contributed by atoms with Gasteiger partial charge < -0.3 is 15.1 Å². The van der Waals surface area contributed by atoms with Gasteiger partial charge in [0, 0.05) is 38.6 Å². The van der Waals surface area contributed by atoms with Crippen LogP contribution in [-0.4, -0.2) is 54.5 Å². The predicted molar refractivity (Wildman–Crippen MR) is 80.5 cm³/mol. The van der Waals surface area contributed by atoms with Gasteiger partial charge in [0.05, 0.1) is 0 Å². The molecule has 1 aliphatic rings. The molecule has 0 unspecified atom stereocenters. The maximum atomic E-state index is 12.4. The van der Waals surface area contributed by atoms with Crippen molar-refractivity contribution in [2.24, 2.45) is 5.92 Å². The topological polar surface area (TPSA) is 52.7 Å².